The predicted molar refractivity (Wildman–Crippen MR) is 86.7 cm³/mol. The van der Waals surface area contributed by atoms with Crippen LogP contribution in [0.1, 0.15) is 29.6 Å². The molecule has 1 aliphatic rings. The van der Waals surface area contributed by atoms with Gasteiger partial charge in [0.2, 0.25) is 5.91 Å². The van der Waals surface area contributed by atoms with Crippen LogP contribution in [0.5, 0.6) is 5.75 Å². The van der Waals surface area contributed by atoms with E-state index in [1.165, 1.54) is 31.2 Å². The van der Waals surface area contributed by atoms with E-state index in [0.29, 0.717) is 19.4 Å². The average molecular weight is 359 g/mol. The van der Waals surface area contributed by atoms with Crippen LogP contribution in [-0.4, -0.2) is 54.7 Å². The van der Waals surface area contributed by atoms with Crippen molar-refractivity contribution < 1.29 is 23.8 Å². The van der Waals surface area contributed by atoms with E-state index >= 15 is 0 Å². The molecule has 0 aromatic heterocycles. The fourth-order valence-electron chi connectivity index (χ4n) is 2.83. The standard InChI is InChI=1S/C16H20ClFN2O4/c1-19-13(21)8-16(23)4-3-5-20(9-16)15(22)11-6-10(24-2)7-12(17)14(11)18/h6-7,23H,3-5,8-9H2,1-2H3,(H,19,21). The Morgan fingerprint density at radius 3 is 2.83 bits per heavy atom. The summed E-state index contributed by atoms with van der Waals surface area (Å²) in [6.07, 6.45) is 0.790. The molecular formula is C16H20ClFN2O4. The van der Waals surface area contributed by atoms with Crippen molar-refractivity contribution in [1.82, 2.24) is 10.2 Å². The molecule has 1 atom stereocenters. The number of aliphatic hydroxyl groups is 1. The van der Waals surface area contributed by atoms with E-state index in [-0.39, 0.29) is 35.2 Å². The van der Waals surface area contributed by atoms with Gasteiger partial charge in [0.15, 0.2) is 5.82 Å². The van der Waals surface area contributed by atoms with Crippen LogP contribution in [0, 0.1) is 5.82 Å². The molecule has 1 saturated heterocycles. The van der Waals surface area contributed by atoms with Crippen molar-refractivity contribution in [3.05, 3.63) is 28.5 Å². The van der Waals surface area contributed by atoms with E-state index in [9.17, 15) is 19.1 Å². The smallest absolute Gasteiger partial charge is 0.257 e. The third-order valence-electron chi connectivity index (χ3n) is 4.08. The predicted octanol–water partition coefficient (Wildman–Crippen LogP) is 1.59. The number of methoxy groups -OCH3 is 1. The van der Waals surface area contributed by atoms with E-state index in [0.717, 1.165) is 0 Å². The molecule has 0 radical (unpaired) electrons. The van der Waals surface area contributed by atoms with Crippen LogP contribution in [0.4, 0.5) is 4.39 Å². The SMILES string of the molecule is CNC(=O)CC1(O)CCCN(C(=O)c2cc(OC)cc(Cl)c2F)C1. The molecule has 2 rings (SSSR count). The van der Waals surface area contributed by atoms with Crippen LogP contribution in [0.25, 0.3) is 0 Å². The third kappa shape index (κ3) is 3.96. The van der Waals surface area contributed by atoms with Gasteiger partial charge in [-0.15, -0.1) is 0 Å². The largest absolute Gasteiger partial charge is 0.497 e. The quantitative estimate of drug-likeness (QED) is 0.856. The minimum atomic E-state index is -1.33. The lowest BCUT2D eigenvalue weighted by Gasteiger charge is -2.39. The molecule has 1 aromatic rings. The van der Waals surface area contributed by atoms with Crippen molar-refractivity contribution in [3.63, 3.8) is 0 Å². The van der Waals surface area contributed by atoms with Crippen molar-refractivity contribution in [2.24, 2.45) is 0 Å². The van der Waals surface area contributed by atoms with Gasteiger partial charge in [0.25, 0.3) is 5.91 Å². The lowest BCUT2D eigenvalue weighted by Crippen LogP contribution is -2.52. The van der Waals surface area contributed by atoms with Crippen molar-refractivity contribution >= 4 is 23.4 Å². The molecule has 1 heterocycles. The number of likely N-dealkylation sites (tertiary alicyclic amines) is 1. The van der Waals surface area contributed by atoms with Gasteiger partial charge in [0.1, 0.15) is 5.75 Å². The van der Waals surface area contributed by atoms with Crippen molar-refractivity contribution in [2.75, 3.05) is 27.2 Å². The fraction of sp³-hybridized carbons (Fsp3) is 0.500. The molecule has 132 valence electrons. The Morgan fingerprint density at radius 2 is 2.21 bits per heavy atom. The summed E-state index contributed by atoms with van der Waals surface area (Å²) >= 11 is 5.80. The second kappa shape index (κ2) is 7.36. The van der Waals surface area contributed by atoms with Gasteiger partial charge in [-0.2, -0.15) is 0 Å². The highest BCUT2D eigenvalue weighted by atomic mass is 35.5. The highest BCUT2D eigenvalue weighted by Gasteiger charge is 2.37. The van der Waals surface area contributed by atoms with Crippen LogP contribution in [0.3, 0.4) is 0 Å². The van der Waals surface area contributed by atoms with Gasteiger partial charge in [0, 0.05) is 19.7 Å². The first-order valence-electron chi connectivity index (χ1n) is 7.55. The van der Waals surface area contributed by atoms with Gasteiger partial charge in [-0.05, 0) is 18.9 Å². The molecule has 0 spiro atoms. The summed E-state index contributed by atoms with van der Waals surface area (Å²) in [5.74, 6) is -1.48. The molecule has 6 nitrogen and oxygen atoms in total. The topological polar surface area (TPSA) is 78.9 Å². The maximum Gasteiger partial charge on any atom is 0.257 e. The zero-order chi connectivity index (χ0) is 17.9. The van der Waals surface area contributed by atoms with Gasteiger partial charge >= 0.3 is 0 Å². The Morgan fingerprint density at radius 1 is 1.50 bits per heavy atom. The maximum atomic E-state index is 14.2. The second-order valence-electron chi connectivity index (χ2n) is 5.88. The number of carbonyl (C=O) groups is 2. The van der Waals surface area contributed by atoms with Crippen LogP contribution >= 0.6 is 11.6 Å². The Hall–Kier alpha value is -1.86. The fourth-order valence-corrected chi connectivity index (χ4v) is 3.03. The van der Waals surface area contributed by atoms with Crippen LogP contribution in [0.15, 0.2) is 12.1 Å². The number of rotatable bonds is 4. The summed E-state index contributed by atoms with van der Waals surface area (Å²) in [5, 5.41) is 12.8. The normalized spacial score (nSPS) is 20.6. The summed E-state index contributed by atoms with van der Waals surface area (Å²) in [6.45, 7) is 0.316. The monoisotopic (exact) mass is 358 g/mol. The van der Waals surface area contributed by atoms with Gasteiger partial charge in [0.05, 0.1) is 36.3 Å². The number of benzene rings is 1. The van der Waals surface area contributed by atoms with E-state index in [1.807, 2.05) is 0 Å². The molecule has 0 saturated carbocycles. The van der Waals surface area contributed by atoms with Crippen molar-refractivity contribution in [3.8, 4) is 5.75 Å². The summed E-state index contributed by atoms with van der Waals surface area (Å²) in [5.41, 5.74) is -1.55. The Kier molecular flexibility index (Phi) is 5.66. The van der Waals surface area contributed by atoms with Gasteiger partial charge in [-0.1, -0.05) is 11.6 Å². The molecule has 0 bridgehead atoms. The average Bonchev–Trinajstić information content (AvgIpc) is 2.56. The highest BCUT2D eigenvalue weighted by Crippen LogP contribution is 2.29. The van der Waals surface area contributed by atoms with E-state index in [1.54, 1.807) is 0 Å². The van der Waals surface area contributed by atoms with E-state index < -0.39 is 17.3 Å². The minimum absolute atomic E-state index is 0.0481. The summed E-state index contributed by atoms with van der Waals surface area (Å²) in [7, 11) is 2.87. The molecule has 24 heavy (non-hydrogen) atoms. The molecule has 0 aliphatic carbocycles. The molecule has 1 fully saturated rings. The zero-order valence-electron chi connectivity index (χ0n) is 13.6. The number of piperidine rings is 1. The molecule has 1 aliphatic heterocycles. The second-order valence-corrected chi connectivity index (χ2v) is 6.28. The molecule has 2 N–H and O–H groups in total. The number of amides is 2. The third-order valence-corrected chi connectivity index (χ3v) is 4.35. The zero-order valence-corrected chi connectivity index (χ0v) is 14.3. The highest BCUT2D eigenvalue weighted by molar-refractivity contribution is 6.31. The molecule has 1 aromatic carbocycles. The van der Waals surface area contributed by atoms with Crippen molar-refractivity contribution in [1.29, 1.82) is 0 Å². The summed E-state index contributed by atoms with van der Waals surface area (Å²) in [4.78, 5) is 25.5. The minimum Gasteiger partial charge on any atom is -0.497 e. The van der Waals surface area contributed by atoms with Gasteiger partial charge in [-0.3, -0.25) is 9.59 Å². The van der Waals surface area contributed by atoms with Crippen LogP contribution < -0.4 is 10.1 Å². The maximum absolute atomic E-state index is 14.2. The lowest BCUT2D eigenvalue weighted by molar-refractivity contribution is -0.127. The Balaban J connectivity index is 2.23. The number of carbonyl (C=O) groups excluding carboxylic acids is 2. The number of hydrogen-bond donors (Lipinski definition) is 2. The van der Waals surface area contributed by atoms with E-state index in [2.05, 4.69) is 5.32 Å². The van der Waals surface area contributed by atoms with E-state index in [4.69, 9.17) is 16.3 Å². The van der Waals surface area contributed by atoms with Gasteiger partial charge < -0.3 is 20.1 Å². The van der Waals surface area contributed by atoms with Gasteiger partial charge in [-0.25, -0.2) is 4.39 Å². The molecule has 2 amide bonds. The lowest BCUT2D eigenvalue weighted by atomic mass is 9.89. The number of nitrogens with zero attached hydrogens (tertiary/aromatic N) is 1. The van der Waals surface area contributed by atoms with Crippen LogP contribution in [0.2, 0.25) is 5.02 Å². The first kappa shape index (κ1) is 18.5. The van der Waals surface area contributed by atoms with Crippen molar-refractivity contribution in [2.45, 2.75) is 24.9 Å². The first-order valence-corrected chi connectivity index (χ1v) is 7.93. The molecule has 1 unspecified atom stereocenters. The molecule has 8 heteroatoms. The number of hydrogen-bond acceptors (Lipinski definition) is 4. The summed E-state index contributed by atoms with van der Waals surface area (Å²) in [6, 6.07) is 2.56. The first-order chi connectivity index (χ1) is 11.3. The van der Waals surface area contributed by atoms with Crippen LogP contribution in [-0.2, 0) is 4.79 Å². The number of β-amino-alcohol motifs (C(OH)–C–C–N with tert-alkyl or cyclic N) is 1. The molecular weight excluding hydrogens is 339 g/mol. The number of nitrogens with one attached hydrogen (secondary N) is 1. The Labute approximate surface area is 144 Å². The summed E-state index contributed by atoms with van der Waals surface area (Å²) < 4.78 is 19.2. The Bertz CT molecular complexity index is 655. The number of halogens is 2. The number of ether oxygens (including phenoxy) is 1.